The summed E-state index contributed by atoms with van der Waals surface area (Å²) in [6, 6.07) is 4.12. The van der Waals surface area contributed by atoms with E-state index >= 15 is 0 Å². The van der Waals surface area contributed by atoms with Gasteiger partial charge in [0, 0.05) is 11.6 Å². The van der Waals surface area contributed by atoms with Crippen LogP contribution in [0.3, 0.4) is 0 Å². The van der Waals surface area contributed by atoms with Gasteiger partial charge in [-0.2, -0.15) is 0 Å². The van der Waals surface area contributed by atoms with Crippen LogP contribution >= 0.6 is 12.4 Å². The summed E-state index contributed by atoms with van der Waals surface area (Å²) in [4.78, 5) is 24.1. The van der Waals surface area contributed by atoms with Crippen molar-refractivity contribution in [3.05, 3.63) is 23.3 Å². The minimum absolute atomic E-state index is 0. The lowest BCUT2D eigenvalue weighted by atomic mass is 9.87. The van der Waals surface area contributed by atoms with Crippen molar-refractivity contribution in [3.63, 3.8) is 0 Å². The van der Waals surface area contributed by atoms with Gasteiger partial charge < -0.3 is 14.8 Å². The van der Waals surface area contributed by atoms with Crippen LogP contribution in [0, 0.1) is 11.8 Å². The highest BCUT2D eigenvalue weighted by Crippen LogP contribution is 2.38. The first kappa shape index (κ1) is 21.5. The number of fused-ring (bicyclic) bond motifs is 1. The summed E-state index contributed by atoms with van der Waals surface area (Å²) in [7, 11) is 1.95. The maximum Gasteiger partial charge on any atom is 0.313 e. The molecule has 0 amide bonds. The van der Waals surface area contributed by atoms with Gasteiger partial charge >= 0.3 is 11.9 Å². The second-order valence-corrected chi connectivity index (χ2v) is 6.91. The highest BCUT2D eigenvalue weighted by atomic mass is 35.5. The van der Waals surface area contributed by atoms with E-state index in [2.05, 4.69) is 5.32 Å². The van der Waals surface area contributed by atoms with Gasteiger partial charge in [0.25, 0.3) is 0 Å². The number of carbonyl (C=O) groups is 2. The molecule has 0 radical (unpaired) electrons. The quantitative estimate of drug-likeness (QED) is 0.637. The predicted molar refractivity (Wildman–Crippen MR) is 99.5 cm³/mol. The van der Waals surface area contributed by atoms with Crippen LogP contribution in [0.15, 0.2) is 12.1 Å². The molecule has 140 valence electrons. The molecule has 25 heavy (non-hydrogen) atoms. The standard InChI is InChI=1S/C19H27NO4.ClH/c1-11(2)18(21)23-16-9-6-13-10-14(20-5)7-8-15(13)17(16)24-19(22)12(3)4;/h6,9,11-12,14,20H,7-8,10H2,1-5H3;1H/t14-;/m0./s1. The van der Waals surface area contributed by atoms with Gasteiger partial charge in [-0.25, -0.2) is 0 Å². The summed E-state index contributed by atoms with van der Waals surface area (Å²) in [5.41, 5.74) is 2.11. The van der Waals surface area contributed by atoms with Crippen LogP contribution in [-0.4, -0.2) is 25.0 Å². The Morgan fingerprint density at radius 2 is 1.68 bits per heavy atom. The molecule has 0 saturated heterocycles. The van der Waals surface area contributed by atoms with E-state index in [4.69, 9.17) is 9.47 Å². The van der Waals surface area contributed by atoms with E-state index in [1.807, 2.05) is 13.1 Å². The molecule has 1 N–H and O–H groups in total. The van der Waals surface area contributed by atoms with Crippen molar-refractivity contribution in [2.24, 2.45) is 11.8 Å². The van der Waals surface area contributed by atoms with Crippen molar-refractivity contribution in [2.75, 3.05) is 7.05 Å². The van der Waals surface area contributed by atoms with Gasteiger partial charge in [-0.15, -0.1) is 12.4 Å². The first-order chi connectivity index (χ1) is 11.3. The van der Waals surface area contributed by atoms with E-state index in [9.17, 15) is 9.59 Å². The number of carbonyl (C=O) groups excluding carboxylic acids is 2. The Morgan fingerprint density at radius 3 is 2.24 bits per heavy atom. The molecule has 0 aliphatic heterocycles. The third-order valence-electron chi connectivity index (χ3n) is 4.29. The van der Waals surface area contributed by atoms with E-state index in [0.29, 0.717) is 17.5 Å². The lowest BCUT2D eigenvalue weighted by Crippen LogP contribution is -2.32. The van der Waals surface area contributed by atoms with Crippen molar-refractivity contribution < 1.29 is 19.1 Å². The summed E-state index contributed by atoms with van der Waals surface area (Å²) >= 11 is 0. The normalized spacial score (nSPS) is 16.2. The topological polar surface area (TPSA) is 64.6 Å². The molecule has 5 nitrogen and oxygen atoms in total. The van der Waals surface area contributed by atoms with Gasteiger partial charge in [-0.05, 0) is 37.9 Å². The summed E-state index contributed by atoms with van der Waals surface area (Å²) < 4.78 is 11.1. The largest absolute Gasteiger partial charge is 0.422 e. The molecular formula is C19H28ClNO4. The third kappa shape index (κ3) is 5.19. The zero-order valence-corrected chi connectivity index (χ0v) is 16.4. The minimum atomic E-state index is -0.333. The zero-order valence-electron chi connectivity index (χ0n) is 15.5. The van der Waals surface area contributed by atoms with Crippen molar-refractivity contribution in [2.45, 2.75) is 53.0 Å². The van der Waals surface area contributed by atoms with Gasteiger partial charge in [-0.3, -0.25) is 9.59 Å². The Balaban J connectivity index is 0.00000312. The van der Waals surface area contributed by atoms with Crippen LogP contribution < -0.4 is 14.8 Å². The number of halogens is 1. The van der Waals surface area contributed by atoms with E-state index in [0.717, 1.165) is 30.4 Å². The van der Waals surface area contributed by atoms with Crippen LogP contribution in [0.1, 0.15) is 45.2 Å². The summed E-state index contributed by atoms with van der Waals surface area (Å²) in [6.45, 7) is 7.12. The zero-order chi connectivity index (χ0) is 17.9. The Morgan fingerprint density at radius 1 is 1.08 bits per heavy atom. The monoisotopic (exact) mass is 369 g/mol. The molecule has 1 aliphatic rings. The van der Waals surface area contributed by atoms with Gasteiger partial charge in [-0.1, -0.05) is 33.8 Å². The summed E-state index contributed by atoms with van der Waals surface area (Å²) in [6.07, 6.45) is 2.61. The van der Waals surface area contributed by atoms with Gasteiger partial charge in [0.1, 0.15) is 0 Å². The van der Waals surface area contributed by atoms with E-state index in [1.54, 1.807) is 33.8 Å². The smallest absolute Gasteiger partial charge is 0.313 e. The molecule has 0 heterocycles. The van der Waals surface area contributed by atoms with Crippen molar-refractivity contribution in [1.29, 1.82) is 0 Å². The Kier molecular flexibility index (Phi) is 7.90. The van der Waals surface area contributed by atoms with Gasteiger partial charge in [0.2, 0.25) is 0 Å². The van der Waals surface area contributed by atoms with Crippen molar-refractivity contribution >= 4 is 24.3 Å². The maximum atomic E-state index is 12.1. The molecule has 1 aromatic carbocycles. The summed E-state index contributed by atoms with van der Waals surface area (Å²) in [5, 5.41) is 3.29. The molecule has 0 spiro atoms. The Bertz CT molecular complexity index is 628. The van der Waals surface area contributed by atoms with Crippen LogP contribution in [0.5, 0.6) is 11.5 Å². The highest BCUT2D eigenvalue weighted by molar-refractivity contribution is 5.85. The molecule has 0 bridgehead atoms. The molecule has 6 heteroatoms. The SMILES string of the molecule is CN[C@H]1CCc2c(ccc(OC(=O)C(C)C)c2OC(=O)C(C)C)C1.Cl. The Hall–Kier alpha value is -1.59. The number of likely N-dealkylation sites (N-methyl/N-ethyl adjacent to an activating group) is 1. The van der Waals surface area contributed by atoms with Crippen LogP contribution in [0.4, 0.5) is 0 Å². The fourth-order valence-corrected chi connectivity index (χ4v) is 2.68. The van der Waals surface area contributed by atoms with Crippen LogP contribution in [0.2, 0.25) is 0 Å². The highest BCUT2D eigenvalue weighted by Gasteiger charge is 2.26. The van der Waals surface area contributed by atoms with Crippen LogP contribution in [-0.2, 0) is 22.4 Å². The van der Waals surface area contributed by atoms with Crippen molar-refractivity contribution in [3.8, 4) is 11.5 Å². The molecule has 1 aromatic rings. The van der Waals surface area contributed by atoms with E-state index in [1.165, 1.54) is 0 Å². The fraction of sp³-hybridized carbons (Fsp3) is 0.579. The lowest BCUT2D eigenvalue weighted by Gasteiger charge is -2.27. The van der Waals surface area contributed by atoms with E-state index in [-0.39, 0.29) is 36.2 Å². The molecule has 0 unspecified atom stereocenters. The number of esters is 2. The van der Waals surface area contributed by atoms with Gasteiger partial charge in [0.15, 0.2) is 11.5 Å². The number of benzene rings is 1. The molecule has 0 saturated carbocycles. The lowest BCUT2D eigenvalue weighted by molar-refractivity contribution is -0.140. The second kappa shape index (κ2) is 9.20. The summed E-state index contributed by atoms with van der Waals surface area (Å²) in [5.74, 6) is -0.396. The maximum absolute atomic E-state index is 12.1. The van der Waals surface area contributed by atoms with Gasteiger partial charge in [0.05, 0.1) is 11.8 Å². The first-order valence-corrected chi connectivity index (χ1v) is 8.58. The molecule has 0 aromatic heterocycles. The molecule has 0 fully saturated rings. The van der Waals surface area contributed by atoms with E-state index < -0.39 is 0 Å². The predicted octanol–water partition coefficient (Wildman–Crippen LogP) is 3.31. The third-order valence-corrected chi connectivity index (χ3v) is 4.29. The number of hydrogen-bond donors (Lipinski definition) is 1. The number of ether oxygens (including phenoxy) is 2. The van der Waals surface area contributed by atoms with Crippen LogP contribution in [0.25, 0.3) is 0 Å². The molecule has 1 atom stereocenters. The fourth-order valence-electron chi connectivity index (χ4n) is 2.68. The average Bonchev–Trinajstić information content (AvgIpc) is 2.55. The first-order valence-electron chi connectivity index (χ1n) is 8.58. The molecule has 1 aliphatic carbocycles. The second-order valence-electron chi connectivity index (χ2n) is 6.91. The average molecular weight is 370 g/mol. The molecular weight excluding hydrogens is 342 g/mol. The number of hydrogen-bond acceptors (Lipinski definition) is 5. The Labute approximate surface area is 155 Å². The minimum Gasteiger partial charge on any atom is -0.422 e. The number of rotatable bonds is 5. The van der Waals surface area contributed by atoms with Crippen molar-refractivity contribution in [1.82, 2.24) is 5.32 Å². The molecule has 2 rings (SSSR count). The number of nitrogens with one attached hydrogen (secondary N) is 1.